The lowest BCUT2D eigenvalue weighted by molar-refractivity contribution is -0.00970. The minimum atomic E-state index is -1.08. The molecule has 0 spiro atoms. The molecule has 0 radical (unpaired) electrons. The second-order valence-electron chi connectivity index (χ2n) is 9.06. The maximum Gasteiger partial charge on any atom is 0.174 e. The van der Waals surface area contributed by atoms with Gasteiger partial charge in [0.1, 0.15) is 0 Å². The fraction of sp³-hybridized carbons (Fsp3) is 0.481. The third-order valence-electron chi connectivity index (χ3n) is 7.13. The van der Waals surface area contributed by atoms with Crippen molar-refractivity contribution in [1.82, 2.24) is 0 Å². The number of benzene rings is 2. The maximum absolute atomic E-state index is 15.0. The minimum absolute atomic E-state index is 0.0139. The average molecular weight is 445 g/mol. The van der Waals surface area contributed by atoms with Crippen LogP contribution in [0.1, 0.15) is 73.6 Å². The normalized spacial score (nSPS) is 25.1. The zero-order valence-corrected chi connectivity index (χ0v) is 18.5. The van der Waals surface area contributed by atoms with E-state index in [-0.39, 0.29) is 22.6 Å². The van der Waals surface area contributed by atoms with Crippen molar-refractivity contribution in [1.29, 1.82) is 0 Å². The highest BCUT2D eigenvalue weighted by Crippen LogP contribution is 2.47. The predicted molar refractivity (Wildman–Crippen MR) is 116 cm³/mol. The van der Waals surface area contributed by atoms with Crippen LogP contribution in [0.5, 0.6) is 0 Å². The van der Waals surface area contributed by atoms with Gasteiger partial charge in [-0.1, -0.05) is 24.0 Å². The first-order valence-corrected chi connectivity index (χ1v) is 11.4. The average Bonchev–Trinajstić information content (AvgIpc) is 2.79. The summed E-state index contributed by atoms with van der Waals surface area (Å²) >= 11 is 0. The molecule has 4 rings (SSSR count). The lowest BCUT2D eigenvalue weighted by Gasteiger charge is -2.42. The zero-order valence-electron chi connectivity index (χ0n) is 18.5. The second kappa shape index (κ2) is 9.67. The summed E-state index contributed by atoms with van der Waals surface area (Å²) in [7, 11) is 0. The molecule has 2 aromatic rings. The number of aryl methyl sites for hydroxylation is 1. The van der Waals surface area contributed by atoms with E-state index in [2.05, 4.69) is 11.8 Å². The molecule has 2 fully saturated rings. The Hall–Kier alpha value is -2.32. The molecule has 2 aromatic carbocycles. The van der Waals surface area contributed by atoms with E-state index in [1.807, 2.05) is 6.92 Å². The summed E-state index contributed by atoms with van der Waals surface area (Å²) in [4.78, 5) is 0. The summed E-state index contributed by atoms with van der Waals surface area (Å²) in [6, 6.07) is 5.79. The fourth-order valence-corrected chi connectivity index (χ4v) is 5.37. The number of hydrogen-bond donors (Lipinski definition) is 0. The van der Waals surface area contributed by atoms with Crippen molar-refractivity contribution in [3.8, 4) is 11.8 Å². The number of fused-ring (bicyclic) bond motifs is 1. The first-order chi connectivity index (χ1) is 15.4. The summed E-state index contributed by atoms with van der Waals surface area (Å²) in [6.45, 7) is 4.20. The quantitative estimate of drug-likeness (QED) is 0.364. The van der Waals surface area contributed by atoms with E-state index in [0.717, 1.165) is 45.1 Å². The third-order valence-corrected chi connectivity index (χ3v) is 7.13. The van der Waals surface area contributed by atoms with Crippen LogP contribution in [-0.4, -0.2) is 12.7 Å². The molecular weight excluding hydrogens is 416 g/mol. The number of rotatable bonds is 3. The van der Waals surface area contributed by atoms with Crippen molar-refractivity contribution in [3.05, 3.63) is 69.8 Å². The molecule has 0 heterocycles. The summed E-state index contributed by atoms with van der Waals surface area (Å²) < 4.78 is 63.2. The van der Waals surface area contributed by atoms with Gasteiger partial charge in [-0.15, -0.1) is 0 Å². The molecule has 32 heavy (non-hydrogen) atoms. The van der Waals surface area contributed by atoms with Gasteiger partial charge in [0, 0.05) is 6.61 Å². The number of halogens is 4. The van der Waals surface area contributed by atoms with Crippen LogP contribution in [0, 0.1) is 53.9 Å². The van der Waals surface area contributed by atoms with Crippen molar-refractivity contribution >= 4 is 0 Å². The Labute approximate surface area is 187 Å². The molecule has 170 valence electrons. The second-order valence-corrected chi connectivity index (χ2v) is 9.06. The number of ether oxygens (including phenoxy) is 1. The van der Waals surface area contributed by atoms with Gasteiger partial charge in [0.25, 0.3) is 0 Å². The van der Waals surface area contributed by atoms with Crippen LogP contribution in [0.3, 0.4) is 0 Å². The zero-order chi connectivity index (χ0) is 22.8. The first-order valence-electron chi connectivity index (χ1n) is 11.4. The Bertz CT molecular complexity index is 1050. The molecule has 0 N–H and O–H groups in total. The fourth-order valence-electron chi connectivity index (χ4n) is 5.37. The Kier molecular flexibility index (Phi) is 6.90. The number of hydrogen-bond acceptors (Lipinski definition) is 1. The van der Waals surface area contributed by atoms with E-state index < -0.39 is 23.3 Å². The first kappa shape index (κ1) is 22.9. The minimum Gasteiger partial charge on any atom is -0.378 e. The molecule has 0 amide bonds. The molecule has 4 atom stereocenters. The van der Waals surface area contributed by atoms with Crippen molar-refractivity contribution in [2.24, 2.45) is 11.8 Å². The highest BCUT2D eigenvalue weighted by atomic mass is 19.2. The Balaban J connectivity index is 1.51. The molecule has 0 saturated heterocycles. The molecule has 5 heteroatoms. The summed E-state index contributed by atoms with van der Waals surface area (Å²) in [5.41, 5.74) is 0.220. The van der Waals surface area contributed by atoms with Crippen LogP contribution >= 0.6 is 0 Å². The maximum atomic E-state index is 15.0. The van der Waals surface area contributed by atoms with Gasteiger partial charge in [0.2, 0.25) is 0 Å². The standard InChI is InChI=1S/C27H28F4O/c1-3-32-22-12-10-19-14-21(9-8-20(19)15-22)23-13-11-18(26(30)27(23)31)7-6-17-5-4-16(2)24(28)25(17)29/h4-5,11,13,19-22H,3,8-10,12,14-15H2,1-2H3. The predicted octanol–water partition coefficient (Wildman–Crippen LogP) is 7.04. The third kappa shape index (κ3) is 4.57. The summed E-state index contributed by atoms with van der Waals surface area (Å²) in [5, 5.41) is 0. The molecule has 2 aliphatic rings. The van der Waals surface area contributed by atoms with Crippen molar-refractivity contribution < 1.29 is 22.3 Å². The van der Waals surface area contributed by atoms with Crippen LogP contribution in [0.25, 0.3) is 0 Å². The van der Waals surface area contributed by atoms with E-state index in [0.29, 0.717) is 23.5 Å². The van der Waals surface area contributed by atoms with Crippen LogP contribution in [0.4, 0.5) is 17.6 Å². The summed E-state index contributed by atoms with van der Waals surface area (Å²) in [5.74, 6) is 2.04. The van der Waals surface area contributed by atoms with Crippen LogP contribution in [0.15, 0.2) is 24.3 Å². The Morgan fingerprint density at radius 3 is 2.12 bits per heavy atom. The van der Waals surface area contributed by atoms with E-state index in [4.69, 9.17) is 4.74 Å². The van der Waals surface area contributed by atoms with Gasteiger partial charge in [-0.25, -0.2) is 17.6 Å². The SMILES string of the molecule is CCOC1CCC2CC(c3ccc(C#Cc4ccc(C)c(F)c4F)c(F)c3F)CCC2C1. The monoisotopic (exact) mass is 444 g/mol. The van der Waals surface area contributed by atoms with Crippen molar-refractivity contribution in [3.63, 3.8) is 0 Å². The van der Waals surface area contributed by atoms with E-state index in [1.54, 1.807) is 6.07 Å². The van der Waals surface area contributed by atoms with Gasteiger partial charge >= 0.3 is 0 Å². The Morgan fingerprint density at radius 1 is 0.781 bits per heavy atom. The molecule has 2 aliphatic carbocycles. The molecule has 0 bridgehead atoms. The van der Waals surface area contributed by atoms with Crippen molar-refractivity contribution in [2.75, 3.05) is 6.61 Å². The molecule has 0 aromatic heterocycles. The largest absolute Gasteiger partial charge is 0.378 e. The lowest BCUT2D eigenvalue weighted by atomic mass is 9.65. The van der Waals surface area contributed by atoms with E-state index in [1.165, 1.54) is 25.1 Å². The highest BCUT2D eigenvalue weighted by molar-refractivity contribution is 5.46. The smallest absolute Gasteiger partial charge is 0.174 e. The topological polar surface area (TPSA) is 9.23 Å². The van der Waals surface area contributed by atoms with Crippen molar-refractivity contribution in [2.45, 2.75) is 64.4 Å². The van der Waals surface area contributed by atoms with Gasteiger partial charge in [0.15, 0.2) is 23.3 Å². The van der Waals surface area contributed by atoms with Gasteiger partial charge in [-0.3, -0.25) is 0 Å². The molecule has 0 aliphatic heterocycles. The van der Waals surface area contributed by atoms with Gasteiger partial charge in [0.05, 0.1) is 17.2 Å². The van der Waals surface area contributed by atoms with Gasteiger partial charge in [-0.05, 0) is 93.4 Å². The molecule has 4 unspecified atom stereocenters. The van der Waals surface area contributed by atoms with Gasteiger partial charge < -0.3 is 4.74 Å². The van der Waals surface area contributed by atoms with E-state index in [9.17, 15) is 17.6 Å². The molecule has 1 nitrogen and oxygen atoms in total. The lowest BCUT2D eigenvalue weighted by Crippen LogP contribution is -2.34. The Morgan fingerprint density at radius 2 is 1.41 bits per heavy atom. The highest BCUT2D eigenvalue weighted by Gasteiger charge is 2.37. The van der Waals surface area contributed by atoms with Crippen LogP contribution < -0.4 is 0 Å². The van der Waals surface area contributed by atoms with Gasteiger partial charge in [-0.2, -0.15) is 0 Å². The van der Waals surface area contributed by atoms with E-state index >= 15 is 0 Å². The summed E-state index contributed by atoms with van der Waals surface area (Å²) in [6.07, 6.45) is 6.18. The van der Waals surface area contributed by atoms with Crippen LogP contribution in [0.2, 0.25) is 0 Å². The van der Waals surface area contributed by atoms with Crippen LogP contribution in [-0.2, 0) is 4.74 Å². The molecular formula is C27H28F4O. The molecule has 2 saturated carbocycles.